The minimum Gasteiger partial charge on any atom is -0.374 e. The fourth-order valence-electron chi connectivity index (χ4n) is 3.27. The Morgan fingerprint density at radius 1 is 1.14 bits per heavy atom. The van der Waals surface area contributed by atoms with E-state index in [2.05, 4.69) is 22.3 Å². The number of nitrogens with one attached hydrogen (secondary N) is 1. The Bertz CT molecular complexity index is 912. The fourth-order valence-corrected chi connectivity index (χ4v) is 4.33. The van der Waals surface area contributed by atoms with E-state index < -0.39 is 15.1 Å². The minimum atomic E-state index is -3.34. The van der Waals surface area contributed by atoms with Crippen molar-refractivity contribution in [3.05, 3.63) is 65.7 Å². The molecule has 156 valence electrons. The molecule has 1 fully saturated rings. The van der Waals surface area contributed by atoms with Crippen molar-refractivity contribution in [1.82, 2.24) is 10.2 Å². The largest absolute Gasteiger partial charge is 0.374 e. The Labute approximate surface area is 172 Å². The van der Waals surface area contributed by atoms with E-state index in [1.165, 1.54) is 17.7 Å². The van der Waals surface area contributed by atoms with E-state index in [0.717, 1.165) is 19.6 Å². The second-order valence-electron chi connectivity index (χ2n) is 7.54. The molecule has 1 aliphatic rings. The Hall–Kier alpha value is -2.22. The van der Waals surface area contributed by atoms with Crippen LogP contribution in [-0.4, -0.2) is 56.8 Å². The molecule has 0 saturated carbocycles. The van der Waals surface area contributed by atoms with Gasteiger partial charge in [-0.25, -0.2) is 8.42 Å². The third kappa shape index (κ3) is 5.65. The molecule has 6 nitrogen and oxygen atoms in total. The third-order valence-corrected chi connectivity index (χ3v) is 7.20. The normalized spacial score (nSPS) is 18.0. The molecule has 2 aromatic rings. The molecule has 0 radical (unpaired) electrons. The average Bonchev–Trinajstić information content (AvgIpc) is 2.73. The van der Waals surface area contributed by atoms with Gasteiger partial charge >= 0.3 is 0 Å². The molecule has 0 bridgehead atoms. The summed E-state index contributed by atoms with van der Waals surface area (Å²) in [5.41, 5.74) is 1.69. The zero-order valence-corrected chi connectivity index (χ0v) is 17.7. The lowest BCUT2D eigenvalue weighted by atomic mass is 10.2. The topological polar surface area (TPSA) is 75.7 Å². The number of carbonyl (C=O) groups is 1. The summed E-state index contributed by atoms with van der Waals surface area (Å²) >= 11 is 0. The molecule has 0 aliphatic carbocycles. The second kappa shape index (κ2) is 9.52. The first-order valence-electron chi connectivity index (χ1n) is 9.86. The van der Waals surface area contributed by atoms with E-state index in [1.807, 2.05) is 18.2 Å². The van der Waals surface area contributed by atoms with Crippen molar-refractivity contribution in [2.75, 3.05) is 26.2 Å². The summed E-state index contributed by atoms with van der Waals surface area (Å²) in [5, 5.41) is 2.40. The summed E-state index contributed by atoms with van der Waals surface area (Å²) in [5.74, 6) is -0.234. The minimum absolute atomic E-state index is 0.0722. The number of nitrogens with zero attached hydrogens (tertiary/aromatic N) is 1. The van der Waals surface area contributed by atoms with Crippen LogP contribution in [0.25, 0.3) is 0 Å². The van der Waals surface area contributed by atoms with E-state index in [0.29, 0.717) is 18.7 Å². The number of rotatable bonds is 7. The highest BCUT2D eigenvalue weighted by Gasteiger charge is 2.22. The van der Waals surface area contributed by atoms with Gasteiger partial charge in [0.25, 0.3) is 5.91 Å². The zero-order chi connectivity index (χ0) is 20.9. The highest BCUT2D eigenvalue weighted by molar-refractivity contribution is 7.92. The van der Waals surface area contributed by atoms with Crippen LogP contribution in [0.2, 0.25) is 0 Å². The molecule has 2 aromatic carbocycles. The summed E-state index contributed by atoms with van der Waals surface area (Å²) in [6, 6.07) is 16.4. The number of carbonyl (C=O) groups excluding carboxylic acids is 1. The first-order valence-corrected chi connectivity index (χ1v) is 11.4. The lowest BCUT2D eigenvalue weighted by molar-refractivity contribution is -0.0292. The number of morpholine rings is 1. The van der Waals surface area contributed by atoms with E-state index in [9.17, 15) is 13.2 Å². The third-order valence-electron chi connectivity index (χ3n) is 5.03. The lowest BCUT2D eigenvalue weighted by Crippen LogP contribution is -2.47. The highest BCUT2D eigenvalue weighted by atomic mass is 32.2. The van der Waals surface area contributed by atoms with E-state index in [1.54, 1.807) is 26.0 Å². The van der Waals surface area contributed by atoms with Crippen LogP contribution in [0.5, 0.6) is 0 Å². The molecule has 7 heteroatoms. The number of benzene rings is 2. The van der Waals surface area contributed by atoms with Gasteiger partial charge in [-0.05, 0) is 43.7 Å². The first-order chi connectivity index (χ1) is 13.9. The van der Waals surface area contributed by atoms with Crippen LogP contribution in [0.15, 0.2) is 59.5 Å². The van der Waals surface area contributed by atoms with E-state index >= 15 is 0 Å². The van der Waals surface area contributed by atoms with Crippen molar-refractivity contribution in [2.45, 2.75) is 36.6 Å². The van der Waals surface area contributed by atoms with Crippen LogP contribution in [0, 0.1) is 0 Å². The average molecular weight is 417 g/mol. The van der Waals surface area contributed by atoms with E-state index in [4.69, 9.17) is 4.74 Å². The van der Waals surface area contributed by atoms with Crippen LogP contribution in [-0.2, 0) is 21.1 Å². The summed E-state index contributed by atoms with van der Waals surface area (Å²) in [7, 11) is -3.34. The maximum Gasteiger partial charge on any atom is 0.251 e. The SMILES string of the molecule is CC(C)S(=O)(=O)c1ccc(C(=O)NCC2CN(Cc3ccccc3)CCO2)cc1. The van der Waals surface area contributed by atoms with Crippen LogP contribution in [0.1, 0.15) is 29.8 Å². The quantitative estimate of drug-likeness (QED) is 0.751. The van der Waals surface area contributed by atoms with Gasteiger partial charge in [0.2, 0.25) is 0 Å². The summed E-state index contributed by atoms with van der Waals surface area (Å²) in [6.07, 6.45) is -0.0722. The molecule has 0 aromatic heterocycles. The van der Waals surface area contributed by atoms with Crippen molar-refractivity contribution in [3.8, 4) is 0 Å². The van der Waals surface area contributed by atoms with Gasteiger partial charge in [-0.1, -0.05) is 30.3 Å². The fraction of sp³-hybridized carbons (Fsp3) is 0.409. The summed E-state index contributed by atoms with van der Waals surface area (Å²) in [4.78, 5) is 15.0. The standard InChI is InChI=1S/C22H28N2O4S/c1-17(2)29(26,27)21-10-8-19(9-11-21)22(25)23-14-20-16-24(12-13-28-20)15-18-6-4-3-5-7-18/h3-11,17,20H,12-16H2,1-2H3,(H,23,25). The number of hydrogen-bond acceptors (Lipinski definition) is 5. The van der Waals surface area contributed by atoms with Crippen LogP contribution in [0.4, 0.5) is 0 Å². The van der Waals surface area contributed by atoms with Gasteiger partial charge in [-0.3, -0.25) is 9.69 Å². The first kappa shape index (κ1) is 21.5. The molecule has 0 spiro atoms. The Morgan fingerprint density at radius 2 is 1.83 bits per heavy atom. The number of ether oxygens (including phenoxy) is 1. The van der Waals surface area contributed by atoms with E-state index in [-0.39, 0.29) is 16.9 Å². The van der Waals surface area contributed by atoms with Crippen LogP contribution in [0.3, 0.4) is 0 Å². The molecular formula is C22H28N2O4S. The Kier molecular flexibility index (Phi) is 7.05. The summed E-state index contributed by atoms with van der Waals surface area (Å²) in [6.45, 7) is 6.81. The highest BCUT2D eigenvalue weighted by Crippen LogP contribution is 2.16. The molecule has 1 unspecified atom stereocenters. The van der Waals surface area contributed by atoms with Gasteiger partial charge in [-0.15, -0.1) is 0 Å². The van der Waals surface area contributed by atoms with Crippen molar-refractivity contribution in [1.29, 1.82) is 0 Å². The van der Waals surface area contributed by atoms with Gasteiger partial charge < -0.3 is 10.1 Å². The maximum absolute atomic E-state index is 12.4. The smallest absolute Gasteiger partial charge is 0.251 e. The van der Waals surface area contributed by atoms with Crippen LogP contribution < -0.4 is 5.32 Å². The Balaban J connectivity index is 1.52. The van der Waals surface area contributed by atoms with Gasteiger partial charge in [0.15, 0.2) is 9.84 Å². The molecule has 1 saturated heterocycles. The molecule has 1 amide bonds. The molecule has 1 aliphatic heterocycles. The number of amides is 1. The van der Waals surface area contributed by atoms with Crippen molar-refractivity contribution < 1.29 is 17.9 Å². The molecule has 29 heavy (non-hydrogen) atoms. The van der Waals surface area contributed by atoms with Gasteiger partial charge in [0.1, 0.15) is 0 Å². The molecule has 1 heterocycles. The van der Waals surface area contributed by atoms with Gasteiger partial charge in [-0.2, -0.15) is 0 Å². The molecule has 1 N–H and O–H groups in total. The molecular weight excluding hydrogens is 388 g/mol. The van der Waals surface area contributed by atoms with Crippen molar-refractivity contribution in [2.24, 2.45) is 0 Å². The Morgan fingerprint density at radius 3 is 2.48 bits per heavy atom. The zero-order valence-electron chi connectivity index (χ0n) is 16.9. The predicted octanol–water partition coefficient (Wildman–Crippen LogP) is 2.50. The monoisotopic (exact) mass is 416 g/mol. The second-order valence-corrected chi connectivity index (χ2v) is 10.0. The predicted molar refractivity (Wildman–Crippen MR) is 113 cm³/mol. The molecule has 3 rings (SSSR count). The number of sulfone groups is 1. The lowest BCUT2D eigenvalue weighted by Gasteiger charge is -2.33. The van der Waals surface area contributed by atoms with Crippen LogP contribution >= 0.6 is 0 Å². The molecule has 1 atom stereocenters. The maximum atomic E-state index is 12.4. The summed E-state index contributed by atoms with van der Waals surface area (Å²) < 4.78 is 30.2. The van der Waals surface area contributed by atoms with Gasteiger partial charge in [0.05, 0.1) is 22.9 Å². The van der Waals surface area contributed by atoms with Gasteiger partial charge in [0, 0.05) is 31.7 Å². The van der Waals surface area contributed by atoms with Crippen molar-refractivity contribution in [3.63, 3.8) is 0 Å². The number of hydrogen-bond donors (Lipinski definition) is 1. The van der Waals surface area contributed by atoms with Crippen molar-refractivity contribution >= 4 is 15.7 Å².